The highest BCUT2D eigenvalue weighted by atomic mass is 16.5. The van der Waals surface area contributed by atoms with Crippen LogP contribution in [0.1, 0.15) is 40.4 Å². The number of nitrogens with zero attached hydrogens (tertiary/aromatic N) is 1. The van der Waals surface area contributed by atoms with Crippen LogP contribution in [0, 0.1) is 0 Å². The van der Waals surface area contributed by atoms with E-state index >= 15 is 0 Å². The van der Waals surface area contributed by atoms with Crippen LogP contribution in [0.15, 0.2) is 48.5 Å². The molecule has 0 bridgehead atoms. The highest BCUT2D eigenvalue weighted by Gasteiger charge is 2.22. The van der Waals surface area contributed by atoms with Gasteiger partial charge in [0.25, 0.3) is 5.91 Å². The molecule has 2 rings (SSSR count). The van der Waals surface area contributed by atoms with Crippen LogP contribution in [0.3, 0.4) is 0 Å². The van der Waals surface area contributed by atoms with Crippen molar-refractivity contribution in [2.24, 2.45) is 0 Å². The van der Waals surface area contributed by atoms with E-state index in [1.807, 2.05) is 44.2 Å². The van der Waals surface area contributed by atoms with Crippen LogP contribution in [-0.4, -0.2) is 34.1 Å². The van der Waals surface area contributed by atoms with Gasteiger partial charge in [-0.15, -0.1) is 0 Å². The lowest BCUT2D eigenvalue weighted by atomic mass is 10.1. The number of carbonyl (C=O) groups is 2. The van der Waals surface area contributed by atoms with Crippen LogP contribution in [0.2, 0.25) is 0 Å². The number of nitrogens with one attached hydrogen (secondary N) is 1. The third-order valence-corrected chi connectivity index (χ3v) is 3.23. The first-order valence-electron chi connectivity index (χ1n) is 7.52. The lowest BCUT2D eigenvalue weighted by Crippen LogP contribution is -2.47. The summed E-state index contributed by atoms with van der Waals surface area (Å²) in [5.74, 6) is -1.61. The van der Waals surface area contributed by atoms with Gasteiger partial charge in [-0.25, -0.2) is 9.78 Å². The number of carboxylic acids is 1. The Morgan fingerprint density at radius 2 is 1.75 bits per heavy atom. The summed E-state index contributed by atoms with van der Waals surface area (Å²) in [5, 5.41) is 11.7. The number of aromatic carboxylic acids is 1. The molecule has 2 N–H and O–H groups in total. The number of hydrogen-bond donors (Lipinski definition) is 2. The highest BCUT2D eigenvalue weighted by Crippen LogP contribution is 2.09. The van der Waals surface area contributed by atoms with E-state index in [9.17, 15) is 9.59 Å². The fraction of sp³-hybridized carbons (Fsp3) is 0.278. The molecule has 126 valence electrons. The van der Waals surface area contributed by atoms with E-state index in [0.717, 1.165) is 5.56 Å². The van der Waals surface area contributed by atoms with E-state index in [1.54, 1.807) is 0 Å². The number of pyridine rings is 1. The van der Waals surface area contributed by atoms with E-state index in [0.29, 0.717) is 13.2 Å². The summed E-state index contributed by atoms with van der Waals surface area (Å²) in [6, 6.07) is 14.0. The molecule has 0 aliphatic rings. The Kier molecular flexibility index (Phi) is 5.65. The molecule has 1 amide bonds. The highest BCUT2D eigenvalue weighted by molar-refractivity contribution is 5.94. The Bertz CT molecular complexity index is 714. The molecule has 1 heterocycles. The molecule has 0 spiro atoms. The summed E-state index contributed by atoms with van der Waals surface area (Å²) in [6.45, 7) is 4.42. The number of rotatable bonds is 7. The Balaban J connectivity index is 1.91. The van der Waals surface area contributed by atoms with Gasteiger partial charge >= 0.3 is 5.97 Å². The second-order valence-electron chi connectivity index (χ2n) is 6.03. The van der Waals surface area contributed by atoms with E-state index < -0.39 is 17.4 Å². The molecule has 0 atom stereocenters. The molecule has 24 heavy (non-hydrogen) atoms. The maximum Gasteiger partial charge on any atom is 0.354 e. The first-order valence-corrected chi connectivity index (χ1v) is 7.52. The average Bonchev–Trinajstić information content (AvgIpc) is 2.55. The number of benzene rings is 1. The molecular weight excluding hydrogens is 308 g/mol. The van der Waals surface area contributed by atoms with E-state index in [4.69, 9.17) is 9.84 Å². The maximum absolute atomic E-state index is 12.2. The largest absolute Gasteiger partial charge is 0.477 e. The first kappa shape index (κ1) is 17.6. The van der Waals surface area contributed by atoms with Gasteiger partial charge in [0.1, 0.15) is 11.4 Å². The van der Waals surface area contributed by atoms with Crippen molar-refractivity contribution in [2.75, 3.05) is 6.61 Å². The number of hydrogen-bond acceptors (Lipinski definition) is 4. The normalized spacial score (nSPS) is 11.1. The maximum atomic E-state index is 12.2. The molecule has 1 aromatic heterocycles. The van der Waals surface area contributed by atoms with Crippen LogP contribution >= 0.6 is 0 Å². The van der Waals surface area contributed by atoms with Crippen molar-refractivity contribution >= 4 is 11.9 Å². The van der Waals surface area contributed by atoms with Crippen LogP contribution in [0.4, 0.5) is 0 Å². The summed E-state index contributed by atoms with van der Waals surface area (Å²) in [7, 11) is 0. The molecule has 0 saturated carbocycles. The average molecular weight is 328 g/mol. The van der Waals surface area contributed by atoms with Crippen molar-refractivity contribution in [1.82, 2.24) is 10.3 Å². The third-order valence-electron chi connectivity index (χ3n) is 3.23. The molecular formula is C18H20N2O4. The molecule has 6 nitrogen and oxygen atoms in total. The van der Waals surface area contributed by atoms with Crippen molar-refractivity contribution in [3.63, 3.8) is 0 Å². The molecule has 0 saturated heterocycles. The summed E-state index contributed by atoms with van der Waals surface area (Å²) in [5.41, 5.74) is 0.328. The van der Waals surface area contributed by atoms with Crippen molar-refractivity contribution in [2.45, 2.75) is 26.0 Å². The Labute approximate surface area is 140 Å². The topological polar surface area (TPSA) is 88.5 Å². The number of carbonyl (C=O) groups excluding carboxylic acids is 1. The van der Waals surface area contributed by atoms with Gasteiger partial charge in [-0.05, 0) is 31.5 Å². The minimum atomic E-state index is -1.17. The number of carboxylic acid groups (broad SMARTS) is 1. The predicted molar refractivity (Wildman–Crippen MR) is 88.8 cm³/mol. The molecule has 0 fully saturated rings. The Hall–Kier alpha value is -2.73. The van der Waals surface area contributed by atoms with Crippen LogP contribution in [0.25, 0.3) is 0 Å². The number of ether oxygens (including phenoxy) is 1. The molecule has 0 aliphatic carbocycles. The second-order valence-corrected chi connectivity index (χ2v) is 6.03. The third kappa shape index (κ3) is 5.17. The standard InChI is InChI=1S/C18H20N2O4/c1-18(2,12-24-11-13-7-4-3-5-8-13)20-16(21)14-9-6-10-15(19-14)17(22)23/h3-10H,11-12H2,1-2H3,(H,20,21)(H,22,23). The van der Waals surface area contributed by atoms with Gasteiger partial charge in [0.05, 0.1) is 18.8 Å². The fourth-order valence-electron chi connectivity index (χ4n) is 2.09. The van der Waals surface area contributed by atoms with Crippen LogP contribution in [0.5, 0.6) is 0 Å². The molecule has 0 aliphatic heterocycles. The smallest absolute Gasteiger partial charge is 0.354 e. The van der Waals surface area contributed by atoms with Gasteiger partial charge in [-0.1, -0.05) is 36.4 Å². The zero-order valence-corrected chi connectivity index (χ0v) is 13.7. The van der Waals surface area contributed by atoms with Crippen LogP contribution < -0.4 is 5.32 Å². The first-order chi connectivity index (χ1) is 11.4. The Morgan fingerprint density at radius 3 is 2.42 bits per heavy atom. The van der Waals surface area contributed by atoms with Crippen molar-refractivity contribution in [3.8, 4) is 0 Å². The Morgan fingerprint density at radius 1 is 1.08 bits per heavy atom. The SMILES string of the molecule is CC(C)(COCc1ccccc1)NC(=O)c1cccc(C(=O)O)n1. The monoisotopic (exact) mass is 328 g/mol. The summed E-state index contributed by atoms with van der Waals surface area (Å²) in [6.07, 6.45) is 0. The molecule has 6 heteroatoms. The lowest BCUT2D eigenvalue weighted by Gasteiger charge is -2.26. The minimum absolute atomic E-state index is 0.0611. The molecule has 0 radical (unpaired) electrons. The van der Waals surface area contributed by atoms with Gasteiger partial charge < -0.3 is 15.2 Å². The van der Waals surface area contributed by atoms with Gasteiger partial charge in [-0.3, -0.25) is 4.79 Å². The van der Waals surface area contributed by atoms with E-state index in [2.05, 4.69) is 10.3 Å². The summed E-state index contributed by atoms with van der Waals surface area (Å²) in [4.78, 5) is 27.0. The van der Waals surface area contributed by atoms with Crippen molar-refractivity contribution in [3.05, 3.63) is 65.5 Å². The number of aromatic nitrogens is 1. The minimum Gasteiger partial charge on any atom is -0.477 e. The second kappa shape index (κ2) is 7.70. The fourth-order valence-corrected chi connectivity index (χ4v) is 2.09. The quantitative estimate of drug-likeness (QED) is 0.815. The van der Waals surface area contributed by atoms with Gasteiger partial charge in [0.15, 0.2) is 0 Å². The molecule has 0 unspecified atom stereocenters. The van der Waals surface area contributed by atoms with Crippen LogP contribution in [-0.2, 0) is 11.3 Å². The number of amides is 1. The molecule has 1 aromatic carbocycles. The zero-order valence-electron chi connectivity index (χ0n) is 13.7. The zero-order chi connectivity index (χ0) is 17.6. The summed E-state index contributed by atoms with van der Waals surface area (Å²) < 4.78 is 5.65. The molecule has 2 aromatic rings. The predicted octanol–water partition coefficient (Wildman–Crippen LogP) is 2.50. The van der Waals surface area contributed by atoms with Crippen molar-refractivity contribution < 1.29 is 19.4 Å². The van der Waals surface area contributed by atoms with E-state index in [1.165, 1.54) is 18.2 Å². The summed E-state index contributed by atoms with van der Waals surface area (Å²) >= 11 is 0. The van der Waals surface area contributed by atoms with Crippen molar-refractivity contribution in [1.29, 1.82) is 0 Å². The van der Waals surface area contributed by atoms with Gasteiger partial charge in [0.2, 0.25) is 0 Å². The lowest BCUT2D eigenvalue weighted by molar-refractivity contribution is 0.0614. The van der Waals surface area contributed by atoms with Gasteiger partial charge in [-0.2, -0.15) is 0 Å². The van der Waals surface area contributed by atoms with Gasteiger partial charge in [0, 0.05) is 0 Å². The van der Waals surface area contributed by atoms with E-state index in [-0.39, 0.29) is 11.4 Å².